The van der Waals surface area contributed by atoms with Gasteiger partial charge in [-0.05, 0) is 30.6 Å². The highest BCUT2D eigenvalue weighted by Crippen LogP contribution is 2.39. The SMILES string of the molecule is CSc1c(N)nsc1N(C)C1CCCCC1. The van der Waals surface area contributed by atoms with Gasteiger partial charge in [-0.25, -0.2) is 0 Å². The molecule has 3 nitrogen and oxygen atoms in total. The first-order valence-corrected chi connectivity index (χ1v) is 7.76. The molecule has 0 spiro atoms. The van der Waals surface area contributed by atoms with E-state index >= 15 is 0 Å². The van der Waals surface area contributed by atoms with E-state index < -0.39 is 0 Å². The Balaban J connectivity index is 2.15. The first kappa shape index (κ1) is 12.0. The largest absolute Gasteiger partial charge is 0.382 e. The van der Waals surface area contributed by atoms with Crippen molar-refractivity contribution >= 4 is 34.1 Å². The standard InChI is InChI=1S/C11H19N3S2/c1-14(8-6-4-3-5-7-8)11-9(15-2)10(12)13-16-11/h8H,3-7H2,1-2H3,(H2,12,13). The number of nitrogens with zero attached hydrogens (tertiary/aromatic N) is 2. The lowest BCUT2D eigenvalue weighted by atomic mass is 9.95. The molecular formula is C11H19N3S2. The summed E-state index contributed by atoms with van der Waals surface area (Å²) in [5, 5.41) is 1.25. The molecule has 0 atom stereocenters. The number of hydrogen-bond acceptors (Lipinski definition) is 5. The minimum Gasteiger partial charge on any atom is -0.382 e. The molecule has 0 aliphatic heterocycles. The van der Waals surface area contributed by atoms with E-state index in [9.17, 15) is 0 Å². The molecule has 1 saturated carbocycles. The predicted octanol–water partition coefficient (Wildman–Crippen LogP) is 3.22. The van der Waals surface area contributed by atoms with Crippen molar-refractivity contribution in [1.82, 2.24) is 4.37 Å². The molecule has 0 saturated heterocycles. The summed E-state index contributed by atoms with van der Waals surface area (Å²) in [7, 11) is 2.18. The molecule has 1 aromatic heterocycles. The molecule has 1 aromatic rings. The fraction of sp³-hybridized carbons (Fsp3) is 0.727. The van der Waals surface area contributed by atoms with Gasteiger partial charge in [0.05, 0.1) is 4.90 Å². The second-order valence-corrected chi connectivity index (χ2v) is 5.88. The Labute approximate surface area is 106 Å². The van der Waals surface area contributed by atoms with Crippen LogP contribution in [0.1, 0.15) is 32.1 Å². The summed E-state index contributed by atoms with van der Waals surface area (Å²) in [6.07, 6.45) is 8.79. The second-order valence-electron chi connectivity index (χ2n) is 4.31. The molecule has 1 aliphatic carbocycles. The van der Waals surface area contributed by atoms with Gasteiger partial charge in [0.2, 0.25) is 0 Å². The van der Waals surface area contributed by atoms with Crippen molar-refractivity contribution in [3.63, 3.8) is 0 Å². The summed E-state index contributed by atoms with van der Waals surface area (Å²) in [5.74, 6) is 0.690. The fourth-order valence-corrected chi connectivity index (χ4v) is 4.07. The number of rotatable bonds is 3. The van der Waals surface area contributed by atoms with E-state index in [-0.39, 0.29) is 0 Å². The number of aromatic nitrogens is 1. The minimum absolute atomic E-state index is 0.680. The molecule has 0 amide bonds. The molecule has 5 heteroatoms. The third-order valence-electron chi connectivity index (χ3n) is 3.30. The van der Waals surface area contributed by atoms with E-state index in [0.717, 1.165) is 4.90 Å². The number of nitrogens with two attached hydrogens (primary N) is 1. The highest BCUT2D eigenvalue weighted by molar-refractivity contribution is 7.99. The first-order valence-electron chi connectivity index (χ1n) is 5.76. The van der Waals surface area contributed by atoms with Crippen molar-refractivity contribution in [2.75, 3.05) is 23.9 Å². The molecule has 0 aromatic carbocycles. The summed E-state index contributed by atoms with van der Waals surface area (Å²) in [4.78, 5) is 3.54. The predicted molar refractivity (Wildman–Crippen MR) is 73.6 cm³/mol. The smallest absolute Gasteiger partial charge is 0.153 e. The van der Waals surface area contributed by atoms with E-state index in [1.165, 1.54) is 48.6 Å². The Morgan fingerprint density at radius 3 is 2.69 bits per heavy atom. The van der Waals surface area contributed by atoms with Crippen molar-refractivity contribution in [3.8, 4) is 0 Å². The number of hydrogen-bond donors (Lipinski definition) is 1. The maximum atomic E-state index is 5.87. The lowest BCUT2D eigenvalue weighted by molar-refractivity contribution is 0.428. The van der Waals surface area contributed by atoms with Crippen molar-refractivity contribution in [1.29, 1.82) is 0 Å². The van der Waals surface area contributed by atoms with Crippen LogP contribution in [0.2, 0.25) is 0 Å². The Morgan fingerprint density at radius 1 is 1.38 bits per heavy atom. The quantitative estimate of drug-likeness (QED) is 0.844. The van der Waals surface area contributed by atoms with Crippen LogP contribution in [0.4, 0.5) is 10.8 Å². The van der Waals surface area contributed by atoms with E-state index in [1.807, 2.05) is 0 Å². The van der Waals surface area contributed by atoms with Gasteiger partial charge in [-0.3, -0.25) is 0 Å². The Morgan fingerprint density at radius 2 is 2.06 bits per heavy atom. The zero-order valence-electron chi connectivity index (χ0n) is 9.90. The maximum absolute atomic E-state index is 5.87. The lowest BCUT2D eigenvalue weighted by Gasteiger charge is -2.32. The molecule has 0 unspecified atom stereocenters. The molecule has 0 radical (unpaired) electrons. The van der Waals surface area contributed by atoms with Crippen LogP contribution in [0.5, 0.6) is 0 Å². The summed E-state index contributed by atoms with van der Waals surface area (Å²) in [6, 6.07) is 0.680. The summed E-state index contributed by atoms with van der Waals surface area (Å²) in [5.41, 5.74) is 5.87. The number of thioether (sulfide) groups is 1. The van der Waals surface area contributed by atoms with Gasteiger partial charge in [0, 0.05) is 13.1 Å². The Hall–Kier alpha value is -0.420. The molecule has 1 fully saturated rings. The minimum atomic E-state index is 0.680. The molecule has 0 bridgehead atoms. The zero-order chi connectivity index (χ0) is 11.5. The highest BCUT2D eigenvalue weighted by atomic mass is 32.2. The highest BCUT2D eigenvalue weighted by Gasteiger charge is 2.22. The van der Waals surface area contributed by atoms with Crippen LogP contribution < -0.4 is 10.6 Å². The summed E-state index contributed by atoms with van der Waals surface area (Å²) in [6.45, 7) is 0. The molecule has 1 aliphatic rings. The van der Waals surface area contributed by atoms with Gasteiger partial charge in [0.1, 0.15) is 5.00 Å². The third kappa shape index (κ3) is 2.30. The van der Waals surface area contributed by atoms with Gasteiger partial charge < -0.3 is 10.6 Å². The van der Waals surface area contributed by atoms with Crippen LogP contribution in [0.3, 0.4) is 0 Å². The van der Waals surface area contributed by atoms with Crippen LogP contribution in [-0.4, -0.2) is 23.7 Å². The number of anilines is 2. The first-order chi connectivity index (χ1) is 7.74. The van der Waals surface area contributed by atoms with Crippen molar-refractivity contribution in [3.05, 3.63) is 0 Å². The van der Waals surface area contributed by atoms with Crippen LogP contribution in [-0.2, 0) is 0 Å². The monoisotopic (exact) mass is 257 g/mol. The third-order valence-corrected chi connectivity index (χ3v) is 5.20. The normalized spacial score (nSPS) is 17.6. The number of nitrogen functional groups attached to an aromatic ring is 1. The van der Waals surface area contributed by atoms with E-state index in [0.29, 0.717) is 11.9 Å². The van der Waals surface area contributed by atoms with Gasteiger partial charge in [-0.1, -0.05) is 19.3 Å². The maximum Gasteiger partial charge on any atom is 0.153 e. The molecule has 2 rings (SSSR count). The second kappa shape index (κ2) is 5.27. The van der Waals surface area contributed by atoms with Crippen LogP contribution >= 0.6 is 23.3 Å². The van der Waals surface area contributed by atoms with Crippen molar-refractivity contribution < 1.29 is 0 Å². The topological polar surface area (TPSA) is 42.1 Å². The lowest BCUT2D eigenvalue weighted by Crippen LogP contribution is -2.33. The average Bonchev–Trinajstić information content (AvgIpc) is 2.70. The molecule has 1 heterocycles. The molecule has 16 heavy (non-hydrogen) atoms. The molecular weight excluding hydrogens is 238 g/mol. The van der Waals surface area contributed by atoms with Crippen molar-refractivity contribution in [2.24, 2.45) is 0 Å². The Bertz CT molecular complexity index is 345. The van der Waals surface area contributed by atoms with E-state index in [4.69, 9.17) is 5.73 Å². The fourth-order valence-electron chi connectivity index (χ4n) is 2.34. The summed E-state index contributed by atoms with van der Waals surface area (Å²) >= 11 is 3.23. The van der Waals surface area contributed by atoms with Gasteiger partial charge in [-0.15, -0.1) is 11.8 Å². The van der Waals surface area contributed by atoms with Crippen LogP contribution in [0.25, 0.3) is 0 Å². The van der Waals surface area contributed by atoms with E-state index in [1.54, 1.807) is 11.8 Å². The Kier molecular flexibility index (Phi) is 3.97. The molecule has 2 N–H and O–H groups in total. The average molecular weight is 257 g/mol. The van der Waals surface area contributed by atoms with Crippen molar-refractivity contribution in [2.45, 2.75) is 43.0 Å². The van der Waals surface area contributed by atoms with Gasteiger partial charge in [0.25, 0.3) is 0 Å². The van der Waals surface area contributed by atoms with Crippen LogP contribution in [0.15, 0.2) is 4.90 Å². The molecule has 90 valence electrons. The zero-order valence-corrected chi connectivity index (χ0v) is 11.5. The van der Waals surface area contributed by atoms with Gasteiger partial charge in [-0.2, -0.15) is 4.37 Å². The van der Waals surface area contributed by atoms with Crippen LogP contribution in [0, 0.1) is 0 Å². The van der Waals surface area contributed by atoms with E-state index in [2.05, 4.69) is 22.6 Å². The van der Waals surface area contributed by atoms with Gasteiger partial charge in [0.15, 0.2) is 5.82 Å². The van der Waals surface area contributed by atoms with Gasteiger partial charge >= 0.3 is 0 Å². The summed E-state index contributed by atoms with van der Waals surface area (Å²) < 4.78 is 4.26.